The van der Waals surface area contributed by atoms with Gasteiger partial charge in [-0.3, -0.25) is 4.39 Å². The normalized spacial score (nSPS) is 22.8. The maximum absolute atomic E-state index is 12.2. The van der Waals surface area contributed by atoms with E-state index in [4.69, 9.17) is 148 Å². The minimum absolute atomic E-state index is 0.00274. The molecule has 0 amide bonds. The van der Waals surface area contributed by atoms with Crippen LogP contribution in [0, 0.1) is 27.1 Å². The molecule has 37 nitrogen and oxygen atoms in total. The molecule has 8 aromatic rings. The fourth-order valence-electron chi connectivity index (χ4n) is 18.9. The topological polar surface area (TPSA) is 523 Å². The Kier molecular flexibility index (Phi) is 49.2. The van der Waals surface area contributed by atoms with Gasteiger partial charge in [-0.1, -0.05) is 69.6 Å². The van der Waals surface area contributed by atoms with Crippen molar-refractivity contribution in [3.63, 3.8) is 0 Å². The summed E-state index contributed by atoms with van der Waals surface area (Å²) in [7, 11) is 3.34. The van der Waals surface area contributed by atoms with E-state index in [2.05, 4.69) is 209 Å². The molecular weight excluding hydrogens is 2450 g/mol. The Balaban J connectivity index is 0.000000191. The molecule has 16 N–H and O–H groups in total. The van der Waals surface area contributed by atoms with Crippen LogP contribution >= 0.6 is 178 Å². The number of phenolic OH excluding ortho intramolecular Hbond substituents is 3. The zero-order chi connectivity index (χ0) is 109. The number of anilines is 4. The third-order valence-electron chi connectivity index (χ3n) is 27.8. The molecule has 0 saturated carbocycles. The average molecular weight is 2570 g/mol. The van der Waals surface area contributed by atoms with Crippen LogP contribution in [0.2, 0.25) is 30.1 Å². The molecule has 10 fully saturated rings. The van der Waals surface area contributed by atoms with E-state index in [1.807, 2.05) is 20.8 Å². The Hall–Kier alpha value is -5.69. The van der Waals surface area contributed by atoms with Crippen molar-refractivity contribution >= 4 is 227 Å². The van der Waals surface area contributed by atoms with Crippen molar-refractivity contribution in [3.8, 4) is 28.5 Å². The number of benzene rings is 3. The number of nitrogens with zero attached hydrogens (tertiary/aromatic N) is 15. The van der Waals surface area contributed by atoms with Crippen molar-refractivity contribution in [3.05, 3.63) is 160 Å². The molecule has 0 bridgehead atoms. The molecule has 5 aromatic heterocycles. The molecule has 10 atom stereocenters. The van der Waals surface area contributed by atoms with Crippen LogP contribution < -0.4 is 53.6 Å². The Bertz CT molecular complexity index is 5570. The van der Waals surface area contributed by atoms with Crippen LogP contribution in [-0.2, 0) is 51.1 Å². The molecule has 10 saturated heterocycles. The number of aliphatic hydroxyl groups excluding tert-OH is 2. The quantitative estimate of drug-likeness (QED) is 0.0168. The summed E-state index contributed by atoms with van der Waals surface area (Å²) in [5.41, 5.74) is 34.4. The van der Waals surface area contributed by atoms with E-state index in [0.717, 1.165) is 136 Å². The molecule has 3 aromatic carbocycles. The second-order valence-corrected chi connectivity index (χ2v) is 43.8. The Morgan fingerprint density at radius 2 is 0.762 bits per heavy atom. The van der Waals surface area contributed by atoms with Crippen molar-refractivity contribution in [2.45, 2.75) is 194 Å². The van der Waals surface area contributed by atoms with E-state index in [1.165, 1.54) is 55.4 Å². The third kappa shape index (κ3) is 32.1. The van der Waals surface area contributed by atoms with Crippen molar-refractivity contribution < 1.29 is 83.6 Å². The standard InChI is InChI=1S/C20H24Cl2N4O3.2C16H23BrN4O3.C14H21BrN4O2.C9H18N2O.C7H6Br2N2O2.C6H3BrCl2O.C6H4Cl2O.CH3F.BHNS/c1-11-18(23)20(10-29-11)4-6-26(7-5-20)19-14(9-27)25-13(8-24-19)16-15(28)3-2-12(21)17(16)22;2*1-3-23-15(22)12-14(19-8-11(17)20-12)21-6-4-16(5-7-21)9-24-10(2)13(16)18;1-9-12(16)14(8-21-9)2-4-19(5-3-14)13-10(7-20)18-11(15)6-17-13;1-7-8(10)9(6-12-7)2-4-11-5-3-9;1-2-13-7(12)5-6(9)10-3-4(8)11-5;7-5-4(10)2-1-3(8)6(5)9;7-5-2-1-4(9)3-6(5)8;1-2;1-2-3/h2-3,8,11,18,27-28H,4-7,9-10,23H2,1H3;2*8,10,13H,3-7,9,18H2,1-2H3;6,9,12,20H,2-5,7-8,16H2,1H3;7-8,11H,2-6,10H2,1H3;3H,2H2,1H3;1-2,10H;1-3,9H;1H3;3H/t11-,18+;2*10-,13+;9-,12+;7-,8+;;;;;/m00000...../s1/i;;;;;;;;1D;. The number of ether oxygens (including phenoxy) is 8. The molecule has 0 aliphatic carbocycles. The first kappa shape index (κ1) is 123. The van der Waals surface area contributed by atoms with Gasteiger partial charge in [-0.25, -0.2) is 64.2 Å². The number of carbonyl (C=O) groups excluding carboxylic acids is 3. The van der Waals surface area contributed by atoms with Crippen LogP contribution in [0.4, 0.5) is 27.7 Å². The number of aliphatic hydroxyl groups is 2. The van der Waals surface area contributed by atoms with Gasteiger partial charge in [0.1, 0.15) is 51.7 Å². The fourth-order valence-corrected chi connectivity index (χ4v) is 21.9. The molecule has 52 heteroatoms. The molecule has 10 aliphatic heterocycles. The summed E-state index contributed by atoms with van der Waals surface area (Å²) in [6, 6.07) is 10.9. The number of thiol groups is 1. The van der Waals surface area contributed by atoms with Crippen LogP contribution in [0.3, 0.4) is 0 Å². The molecule has 18 rings (SSSR count). The monoisotopic (exact) mass is 2560 g/mol. The van der Waals surface area contributed by atoms with Gasteiger partial charge in [-0.05, 0) is 271 Å². The molecule has 1 radical (unpaired) electrons. The number of alkyl halides is 1. The van der Waals surface area contributed by atoms with Crippen molar-refractivity contribution in [2.24, 2.45) is 60.0 Å². The number of rotatable bonds is 13. The molecule has 5 spiro atoms. The number of hydrogen-bond donors (Lipinski definition) is 12. The van der Waals surface area contributed by atoms with E-state index in [-0.39, 0.29) is 135 Å². The minimum atomic E-state index is -1.00. The van der Waals surface area contributed by atoms with Crippen LogP contribution in [0.25, 0.3) is 11.3 Å². The summed E-state index contributed by atoms with van der Waals surface area (Å²) >= 11 is 56.9. The summed E-state index contributed by atoms with van der Waals surface area (Å²) in [6.45, 7) is 28.3. The van der Waals surface area contributed by atoms with E-state index < -0.39 is 25.1 Å². The maximum atomic E-state index is 12.2. The molecule has 0 unspecified atom stereocenters. The van der Waals surface area contributed by atoms with Gasteiger partial charge in [0.2, 0.25) is 0 Å². The molecule has 15 heterocycles. The van der Waals surface area contributed by atoms with Crippen molar-refractivity contribution in [2.75, 3.05) is 145 Å². The number of aromatic nitrogens is 10. The summed E-state index contributed by atoms with van der Waals surface area (Å²) in [4.78, 5) is 87.0. The second kappa shape index (κ2) is 58.7. The van der Waals surface area contributed by atoms with Crippen LogP contribution in [-0.4, -0.2) is 287 Å². The molecule has 807 valence electrons. The Labute approximate surface area is 943 Å². The van der Waals surface area contributed by atoms with Gasteiger partial charge in [0.15, 0.2) is 40.4 Å². The van der Waals surface area contributed by atoms with E-state index in [0.29, 0.717) is 138 Å². The van der Waals surface area contributed by atoms with Gasteiger partial charge in [0, 0.05) is 110 Å². The van der Waals surface area contributed by atoms with Gasteiger partial charge >= 0.3 is 42.7 Å². The van der Waals surface area contributed by atoms with Gasteiger partial charge in [-0.15, -0.1) is 0 Å². The summed E-state index contributed by atoms with van der Waals surface area (Å²) in [6.07, 6.45) is 18.4. The first-order valence-electron chi connectivity index (χ1n) is 48.0. The van der Waals surface area contributed by atoms with Crippen molar-refractivity contribution in [1.82, 2.24) is 55.2 Å². The number of nitrogens with two attached hydrogens (primary N) is 5. The van der Waals surface area contributed by atoms with E-state index >= 15 is 0 Å². The summed E-state index contributed by atoms with van der Waals surface area (Å²) < 4.78 is 64.8. The molecule has 147 heavy (non-hydrogen) atoms. The van der Waals surface area contributed by atoms with E-state index in [9.17, 15) is 34.1 Å². The first-order valence-corrected chi connectivity index (χ1v) is 54.8. The number of hydrogen-bond acceptors (Lipinski definition) is 38. The second-order valence-electron chi connectivity index (χ2n) is 36.4. The summed E-state index contributed by atoms with van der Waals surface area (Å²) in [5.74, 6) is 1.35. The van der Waals surface area contributed by atoms with Crippen molar-refractivity contribution in [1.29, 1.82) is 0 Å². The first-order chi connectivity index (χ1) is 70.4. The number of esters is 3. The van der Waals surface area contributed by atoms with Gasteiger partial charge in [0.05, 0.1) is 182 Å². The predicted molar refractivity (Wildman–Crippen MR) is 591 cm³/mol. The zero-order valence-electron chi connectivity index (χ0n) is 83.4. The number of phenols is 3. The van der Waals surface area contributed by atoms with Crippen LogP contribution in [0.5, 0.6) is 17.2 Å². The third-order valence-corrected chi connectivity index (χ3v) is 33.3. The van der Waals surface area contributed by atoms with Crippen LogP contribution in [0.15, 0.2) is 105 Å². The zero-order valence-corrected chi connectivity index (χ0v) is 97.3. The molecular formula is C95H126BBr6Cl6FN21O16S. The van der Waals surface area contributed by atoms with Crippen LogP contribution in [0.1, 0.15) is 164 Å². The average Bonchev–Trinajstić information content (AvgIpc) is 1.66. The van der Waals surface area contributed by atoms with Gasteiger partial charge in [0.25, 0.3) is 0 Å². The Morgan fingerprint density at radius 1 is 0.463 bits per heavy atom. The summed E-state index contributed by atoms with van der Waals surface area (Å²) in [5, 5.41) is 52.9. The van der Waals surface area contributed by atoms with E-state index in [1.54, 1.807) is 51.6 Å². The number of nitrogens with one attached hydrogen (secondary N) is 1. The fraction of sp³-hybridized carbons (Fsp3) is 0.568. The van der Waals surface area contributed by atoms with Gasteiger partial charge in [-0.2, -0.15) is 0 Å². The molecule has 10 aliphatic rings. The predicted octanol–water partition coefficient (Wildman–Crippen LogP) is 16.8. The van der Waals surface area contributed by atoms with Gasteiger partial charge < -0.3 is 117 Å². The SMILES string of the molecule is CCOC(=O)c1nc(Br)cnc1Br.CCOC(=O)c1nc(Br)cnc1N1CCC2(CC1)CO[C@@H](C)[C@H]2N.CCOC(=O)c1nc(Br)cnc1N1CCC2(CC1)CO[C@@H](C)[C@H]2N.C[C@@H]1OCC2(CCN(c3ncc(-c4c(O)ccc(Cl)c4Cl)nc3CO)CC2)[C@@H]1N.C[C@@H]1OCC2(CCN(c3ncc(Br)nc3CO)CC2)[C@@H]1N.C[C@@H]1OCC2(CCNCC2)[C@@H]1N.Oc1ccc(Cl)c(Cl)c1.Oc1ccc(Cl)c(Cl)c1Br.[2H]CF.[B]=NS. The number of piperidine rings is 5. The number of halogens is 13. The Morgan fingerprint density at radius 3 is 1.10 bits per heavy atom. The number of carbonyl (C=O) groups is 3. The number of aromatic hydroxyl groups is 3.